The molecule has 1 aliphatic heterocycles. The van der Waals surface area contributed by atoms with Crippen LogP contribution >= 0.6 is 23.2 Å². The van der Waals surface area contributed by atoms with Crippen molar-refractivity contribution in [1.29, 1.82) is 0 Å². The van der Waals surface area contributed by atoms with E-state index in [2.05, 4.69) is 15.2 Å². The van der Waals surface area contributed by atoms with Gasteiger partial charge in [-0.1, -0.05) is 55.2 Å². The minimum absolute atomic E-state index is 0.229. The summed E-state index contributed by atoms with van der Waals surface area (Å²) in [5, 5.41) is 14.6. The van der Waals surface area contributed by atoms with Crippen molar-refractivity contribution in [3.8, 4) is 0 Å². The molecule has 1 heterocycles. The Balaban J connectivity index is 2.06. The number of amides is 1. The first-order chi connectivity index (χ1) is 15.3. The van der Waals surface area contributed by atoms with Crippen LogP contribution in [0.1, 0.15) is 20.3 Å². The van der Waals surface area contributed by atoms with Gasteiger partial charge in [0.15, 0.2) is 5.54 Å². The smallest absolute Gasteiger partial charge is 0.336 e. The van der Waals surface area contributed by atoms with Gasteiger partial charge in [-0.15, -0.1) is 0 Å². The maximum Gasteiger partial charge on any atom is 0.336 e. The molecule has 0 bridgehead atoms. The molecule has 0 fully saturated rings. The Morgan fingerprint density at radius 3 is 2.47 bits per heavy atom. The number of halogens is 2. The summed E-state index contributed by atoms with van der Waals surface area (Å²) >= 11 is 12.6. The molecule has 168 valence electrons. The monoisotopic (exact) mass is 473 g/mol. The van der Waals surface area contributed by atoms with Crippen molar-refractivity contribution < 1.29 is 14.7 Å². The first kappa shape index (κ1) is 24.0. The van der Waals surface area contributed by atoms with Gasteiger partial charge in [0.25, 0.3) is 0 Å². The molecule has 0 radical (unpaired) electrons. The van der Waals surface area contributed by atoms with E-state index in [9.17, 15) is 14.7 Å². The van der Waals surface area contributed by atoms with E-state index in [0.717, 1.165) is 13.1 Å². The number of nitrogens with one attached hydrogen (secondary N) is 1. The van der Waals surface area contributed by atoms with E-state index < -0.39 is 11.5 Å². The molecule has 1 unspecified atom stereocenters. The first-order valence-electron chi connectivity index (χ1n) is 10.4. The largest absolute Gasteiger partial charge is 0.479 e. The number of carboxylic acids is 1. The van der Waals surface area contributed by atoms with Gasteiger partial charge in [0.2, 0.25) is 5.91 Å². The lowest BCUT2D eigenvalue weighted by Gasteiger charge is -2.27. The number of carbonyl (C=O) groups is 2. The fraction of sp³-hybridized carbons (Fsp3) is 0.292. The highest BCUT2D eigenvalue weighted by Crippen LogP contribution is 2.31. The van der Waals surface area contributed by atoms with Gasteiger partial charge >= 0.3 is 5.97 Å². The summed E-state index contributed by atoms with van der Waals surface area (Å²) < 4.78 is 0. The van der Waals surface area contributed by atoms with E-state index in [-0.39, 0.29) is 12.3 Å². The molecule has 1 atom stereocenters. The Bertz CT molecular complexity index is 1160. The molecular weight excluding hydrogens is 449 g/mol. The fourth-order valence-corrected chi connectivity index (χ4v) is 4.38. The Hall–Kier alpha value is -2.67. The average molecular weight is 474 g/mol. The van der Waals surface area contributed by atoms with E-state index in [1.54, 1.807) is 24.3 Å². The Kier molecular flexibility index (Phi) is 7.72. The molecule has 3 rings (SSSR count). The zero-order valence-electron chi connectivity index (χ0n) is 17.9. The van der Waals surface area contributed by atoms with Gasteiger partial charge in [0, 0.05) is 40.5 Å². The number of rotatable bonds is 9. The molecule has 1 aliphatic rings. The van der Waals surface area contributed by atoms with Crippen molar-refractivity contribution in [3.05, 3.63) is 75.2 Å². The summed E-state index contributed by atoms with van der Waals surface area (Å²) in [4.78, 5) is 31.8. The number of aliphatic carboxylic acids is 1. The number of carbonyl (C=O) groups excluding carboxylic acids is 1. The fourth-order valence-electron chi connectivity index (χ4n) is 3.79. The second kappa shape index (κ2) is 10.3. The third-order valence-electron chi connectivity index (χ3n) is 5.54. The number of anilines is 1. The number of nitrogens with zero attached hydrogens (tertiary/aromatic N) is 2. The highest BCUT2D eigenvalue weighted by atomic mass is 35.5. The van der Waals surface area contributed by atoms with Crippen molar-refractivity contribution in [3.63, 3.8) is 0 Å². The van der Waals surface area contributed by atoms with E-state index in [0.29, 0.717) is 38.4 Å². The van der Waals surface area contributed by atoms with Gasteiger partial charge in [0.05, 0.1) is 10.4 Å². The molecule has 2 aromatic carbocycles. The molecule has 1 amide bonds. The molecule has 0 aromatic heterocycles. The van der Waals surface area contributed by atoms with Crippen molar-refractivity contribution in [1.82, 2.24) is 4.90 Å². The van der Waals surface area contributed by atoms with Crippen LogP contribution in [0, 0.1) is 0 Å². The molecule has 0 spiro atoms. The van der Waals surface area contributed by atoms with Crippen LogP contribution in [-0.4, -0.2) is 47.1 Å². The highest BCUT2D eigenvalue weighted by molar-refractivity contribution is 6.34. The second-order valence-corrected chi connectivity index (χ2v) is 8.28. The van der Waals surface area contributed by atoms with E-state index in [1.165, 1.54) is 12.2 Å². The molecule has 32 heavy (non-hydrogen) atoms. The summed E-state index contributed by atoms with van der Waals surface area (Å²) in [6, 6.07) is 12.2. The summed E-state index contributed by atoms with van der Waals surface area (Å²) in [6.45, 7) is 6.14. The zero-order valence-corrected chi connectivity index (χ0v) is 19.5. The van der Waals surface area contributed by atoms with Crippen LogP contribution in [0.2, 0.25) is 10.0 Å². The Morgan fingerprint density at radius 2 is 1.84 bits per heavy atom. The van der Waals surface area contributed by atoms with Crippen LogP contribution in [0.25, 0.3) is 5.57 Å². The lowest BCUT2D eigenvalue weighted by atomic mass is 9.86. The third kappa shape index (κ3) is 5.04. The normalized spacial score (nSPS) is 17.5. The summed E-state index contributed by atoms with van der Waals surface area (Å²) in [5.74, 6) is -1.48. The Labute approximate surface area is 196 Å². The molecule has 0 saturated carbocycles. The minimum atomic E-state index is -1.57. The van der Waals surface area contributed by atoms with Gasteiger partial charge in [0.1, 0.15) is 0 Å². The number of carboxylic acid groups (broad SMARTS) is 1. The van der Waals surface area contributed by atoms with Crippen LogP contribution in [0.3, 0.4) is 0 Å². The topological polar surface area (TPSA) is 82.0 Å². The molecular formula is C24H25Cl2N3O3. The van der Waals surface area contributed by atoms with Gasteiger partial charge in [-0.3, -0.25) is 9.79 Å². The van der Waals surface area contributed by atoms with Crippen LogP contribution in [-0.2, 0) is 9.59 Å². The molecule has 2 N–H and O–H groups in total. The van der Waals surface area contributed by atoms with E-state index in [1.807, 2.05) is 32.0 Å². The highest BCUT2D eigenvalue weighted by Gasteiger charge is 2.44. The SMILES string of the molecule is CCN(CC)CCC1(C(=O)O)N=c2cc(Cl)cc(Cl)c2=C1/C=C/C(=O)Nc1ccccc1. The van der Waals surface area contributed by atoms with Crippen molar-refractivity contribution in [2.24, 2.45) is 4.99 Å². The van der Waals surface area contributed by atoms with Crippen molar-refractivity contribution in [2.75, 3.05) is 25.0 Å². The summed E-state index contributed by atoms with van der Waals surface area (Å²) in [6.07, 6.45) is 3.04. The quantitative estimate of drug-likeness (QED) is 0.545. The molecule has 8 heteroatoms. The molecule has 2 aromatic rings. The van der Waals surface area contributed by atoms with Crippen LogP contribution < -0.4 is 15.9 Å². The third-order valence-corrected chi connectivity index (χ3v) is 6.06. The first-order valence-corrected chi connectivity index (χ1v) is 11.2. The lowest BCUT2D eigenvalue weighted by molar-refractivity contribution is -0.141. The second-order valence-electron chi connectivity index (χ2n) is 7.44. The average Bonchev–Trinajstić information content (AvgIpc) is 3.08. The van der Waals surface area contributed by atoms with Crippen molar-refractivity contribution in [2.45, 2.75) is 25.8 Å². The number of hydrogen-bond acceptors (Lipinski definition) is 4. The van der Waals surface area contributed by atoms with Gasteiger partial charge in [-0.05, 0) is 43.4 Å². The standard InChI is InChI=1S/C24H25Cl2N3O3/c1-3-29(4-2)13-12-24(23(31)32)18(22-19(26)14-16(25)15-20(22)28-24)10-11-21(30)27-17-8-6-5-7-9-17/h5-11,14-15H,3-4,12-13H2,1-2H3,(H,27,30)(H,31,32)/b11-10+. The van der Waals surface area contributed by atoms with E-state index in [4.69, 9.17) is 23.2 Å². The predicted octanol–water partition coefficient (Wildman–Crippen LogP) is 3.53. The summed E-state index contributed by atoms with van der Waals surface area (Å²) in [7, 11) is 0. The molecule has 0 saturated heterocycles. The Morgan fingerprint density at radius 1 is 1.16 bits per heavy atom. The van der Waals surface area contributed by atoms with Crippen LogP contribution in [0.4, 0.5) is 5.69 Å². The minimum Gasteiger partial charge on any atom is -0.479 e. The lowest BCUT2D eigenvalue weighted by Crippen LogP contribution is -2.41. The van der Waals surface area contributed by atoms with Crippen molar-refractivity contribution >= 4 is 46.3 Å². The number of para-hydroxylation sites is 1. The van der Waals surface area contributed by atoms with Gasteiger partial charge < -0.3 is 15.3 Å². The predicted molar refractivity (Wildman–Crippen MR) is 128 cm³/mol. The maximum atomic E-state index is 12.6. The maximum absolute atomic E-state index is 12.6. The van der Waals surface area contributed by atoms with Crippen LogP contribution in [0.15, 0.2) is 59.6 Å². The molecule has 0 aliphatic carbocycles. The number of hydrogen-bond donors (Lipinski definition) is 2. The summed E-state index contributed by atoms with van der Waals surface area (Å²) in [5.41, 5.74) is -0.556. The molecule has 6 nitrogen and oxygen atoms in total. The van der Waals surface area contributed by atoms with Crippen LogP contribution in [0.5, 0.6) is 0 Å². The zero-order chi connectivity index (χ0) is 23.3. The number of benzene rings is 2. The van der Waals surface area contributed by atoms with E-state index >= 15 is 0 Å². The van der Waals surface area contributed by atoms with Gasteiger partial charge in [-0.25, -0.2) is 4.79 Å². The van der Waals surface area contributed by atoms with Gasteiger partial charge in [-0.2, -0.15) is 0 Å². The number of fused-ring (bicyclic) bond motifs is 1.